The number of hydrogen-bond donors (Lipinski definition) is 2. The molecule has 0 bridgehead atoms. The molecule has 4 nitrogen and oxygen atoms in total. The number of ketones is 1. The Kier molecular flexibility index (Phi) is 4.14. The third kappa shape index (κ3) is 2.92. The van der Waals surface area contributed by atoms with Gasteiger partial charge in [-0.3, -0.25) is 4.79 Å². The first-order valence-corrected chi connectivity index (χ1v) is 6.10. The van der Waals surface area contributed by atoms with Gasteiger partial charge in [-0.2, -0.15) is 0 Å². The van der Waals surface area contributed by atoms with Crippen LogP contribution in [0.3, 0.4) is 0 Å². The standard InChI is InChI=1S/C15H16O4/c1-10(17)9-19-15-7-6-12(14(18)8-16)11-4-2-3-5-13(11)15/h2-7,10,16-17H,8-9H2,1H3/t10-/m1/s1. The summed E-state index contributed by atoms with van der Waals surface area (Å²) in [6.07, 6.45) is -0.558. The minimum atomic E-state index is -0.558. The number of Topliss-reactive ketones (excluding diaryl/α,β-unsaturated/α-hetero) is 1. The Bertz CT molecular complexity index is 590. The van der Waals surface area contributed by atoms with E-state index in [1.807, 2.05) is 24.3 Å². The molecule has 2 rings (SSSR count). The number of carbonyl (C=O) groups is 1. The third-order valence-corrected chi connectivity index (χ3v) is 2.81. The van der Waals surface area contributed by atoms with E-state index in [1.54, 1.807) is 19.1 Å². The van der Waals surface area contributed by atoms with Gasteiger partial charge in [0.1, 0.15) is 19.0 Å². The zero-order valence-corrected chi connectivity index (χ0v) is 10.7. The quantitative estimate of drug-likeness (QED) is 0.804. The molecule has 0 amide bonds. The van der Waals surface area contributed by atoms with Crippen LogP contribution in [0.5, 0.6) is 5.75 Å². The molecule has 2 aromatic rings. The van der Waals surface area contributed by atoms with Gasteiger partial charge in [0.25, 0.3) is 0 Å². The van der Waals surface area contributed by atoms with Gasteiger partial charge in [0, 0.05) is 10.9 Å². The molecule has 2 N–H and O–H groups in total. The van der Waals surface area contributed by atoms with Crippen molar-refractivity contribution in [1.29, 1.82) is 0 Å². The summed E-state index contributed by atoms with van der Waals surface area (Å²) >= 11 is 0. The van der Waals surface area contributed by atoms with Crippen molar-refractivity contribution >= 4 is 16.6 Å². The molecule has 0 aliphatic carbocycles. The van der Waals surface area contributed by atoms with E-state index in [1.165, 1.54) is 0 Å². The van der Waals surface area contributed by atoms with Crippen LogP contribution in [0.25, 0.3) is 10.8 Å². The highest BCUT2D eigenvalue weighted by atomic mass is 16.5. The van der Waals surface area contributed by atoms with Crippen molar-refractivity contribution in [2.45, 2.75) is 13.0 Å². The Balaban J connectivity index is 2.49. The number of fused-ring (bicyclic) bond motifs is 1. The molecule has 19 heavy (non-hydrogen) atoms. The summed E-state index contributed by atoms with van der Waals surface area (Å²) in [6, 6.07) is 10.7. The summed E-state index contributed by atoms with van der Waals surface area (Å²) in [5.74, 6) is 0.296. The molecule has 0 aromatic heterocycles. The number of rotatable bonds is 5. The Labute approximate surface area is 111 Å². The van der Waals surface area contributed by atoms with Gasteiger partial charge in [-0.05, 0) is 24.4 Å². The molecular weight excluding hydrogens is 244 g/mol. The maximum atomic E-state index is 11.7. The summed E-state index contributed by atoms with van der Waals surface area (Å²) < 4.78 is 5.53. The van der Waals surface area contributed by atoms with E-state index < -0.39 is 12.7 Å². The van der Waals surface area contributed by atoms with E-state index in [4.69, 9.17) is 9.84 Å². The lowest BCUT2D eigenvalue weighted by Crippen LogP contribution is -2.13. The van der Waals surface area contributed by atoms with Gasteiger partial charge >= 0.3 is 0 Å². The molecule has 2 aromatic carbocycles. The molecule has 4 heteroatoms. The van der Waals surface area contributed by atoms with Gasteiger partial charge in [0.2, 0.25) is 0 Å². The summed E-state index contributed by atoms with van der Waals surface area (Å²) in [5.41, 5.74) is 0.475. The molecule has 100 valence electrons. The highest BCUT2D eigenvalue weighted by Crippen LogP contribution is 2.28. The Morgan fingerprint density at radius 3 is 2.53 bits per heavy atom. The minimum Gasteiger partial charge on any atom is -0.490 e. The fourth-order valence-electron chi connectivity index (χ4n) is 1.94. The minimum absolute atomic E-state index is 0.192. The molecule has 0 saturated heterocycles. The van der Waals surface area contributed by atoms with Crippen molar-refractivity contribution in [2.24, 2.45) is 0 Å². The van der Waals surface area contributed by atoms with Crippen molar-refractivity contribution in [2.75, 3.05) is 13.2 Å². The Morgan fingerprint density at radius 1 is 1.21 bits per heavy atom. The number of ether oxygens (including phenoxy) is 1. The lowest BCUT2D eigenvalue weighted by Gasteiger charge is -2.12. The molecule has 0 heterocycles. The molecular formula is C15H16O4. The van der Waals surface area contributed by atoms with Gasteiger partial charge in [0.05, 0.1) is 6.10 Å². The average Bonchev–Trinajstić information content (AvgIpc) is 2.43. The van der Waals surface area contributed by atoms with Crippen LogP contribution in [0.15, 0.2) is 36.4 Å². The van der Waals surface area contributed by atoms with Crippen LogP contribution in [-0.4, -0.2) is 35.3 Å². The van der Waals surface area contributed by atoms with Crippen molar-refractivity contribution in [3.05, 3.63) is 42.0 Å². The lowest BCUT2D eigenvalue weighted by molar-refractivity contribution is 0.0905. The first-order valence-electron chi connectivity index (χ1n) is 6.10. The molecule has 0 aliphatic heterocycles. The number of hydrogen-bond acceptors (Lipinski definition) is 4. The Morgan fingerprint density at radius 2 is 1.89 bits per heavy atom. The number of aliphatic hydroxyl groups excluding tert-OH is 2. The predicted molar refractivity (Wildman–Crippen MR) is 72.5 cm³/mol. The van der Waals surface area contributed by atoms with Crippen LogP contribution < -0.4 is 4.74 Å². The van der Waals surface area contributed by atoms with E-state index in [0.29, 0.717) is 11.3 Å². The van der Waals surface area contributed by atoms with Crippen molar-refractivity contribution in [1.82, 2.24) is 0 Å². The van der Waals surface area contributed by atoms with Gasteiger partial charge in [0.15, 0.2) is 5.78 Å². The fourth-order valence-corrected chi connectivity index (χ4v) is 1.94. The van der Waals surface area contributed by atoms with Crippen LogP contribution in [-0.2, 0) is 0 Å². The second-order valence-corrected chi connectivity index (χ2v) is 4.40. The van der Waals surface area contributed by atoms with Gasteiger partial charge in [-0.1, -0.05) is 24.3 Å². The molecule has 0 aliphatic rings. The smallest absolute Gasteiger partial charge is 0.188 e. The predicted octanol–water partition coefficient (Wildman–Crippen LogP) is 1.77. The largest absolute Gasteiger partial charge is 0.490 e. The van der Waals surface area contributed by atoms with E-state index in [9.17, 15) is 9.90 Å². The first-order chi connectivity index (χ1) is 9.13. The Hall–Kier alpha value is -1.91. The summed E-state index contributed by atoms with van der Waals surface area (Å²) in [7, 11) is 0. The molecule has 0 fully saturated rings. The maximum Gasteiger partial charge on any atom is 0.188 e. The van der Waals surface area contributed by atoms with Crippen molar-refractivity contribution in [3.63, 3.8) is 0 Å². The highest BCUT2D eigenvalue weighted by molar-refractivity contribution is 6.10. The first kappa shape index (κ1) is 13.5. The van der Waals surface area contributed by atoms with Gasteiger partial charge < -0.3 is 14.9 Å². The summed E-state index contributed by atoms with van der Waals surface area (Å²) in [6.45, 7) is 1.32. The second kappa shape index (κ2) is 5.82. The van der Waals surface area contributed by atoms with Crippen molar-refractivity contribution < 1.29 is 19.7 Å². The SMILES string of the molecule is C[C@@H](O)COc1ccc(C(=O)CO)c2ccccc12. The molecule has 0 saturated carbocycles. The molecule has 0 spiro atoms. The van der Waals surface area contributed by atoms with Crippen LogP contribution in [0.4, 0.5) is 0 Å². The van der Waals surface area contributed by atoms with Crippen LogP contribution in [0.2, 0.25) is 0 Å². The molecule has 0 radical (unpaired) electrons. The fraction of sp³-hybridized carbons (Fsp3) is 0.267. The van der Waals surface area contributed by atoms with Crippen LogP contribution in [0.1, 0.15) is 17.3 Å². The van der Waals surface area contributed by atoms with E-state index in [2.05, 4.69) is 0 Å². The topological polar surface area (TPSA) is 66.8 Å². The monoisotopic (exact) mass is 260 g/mol. The number of carbonyl (C=O) groups excluding carboxylic acids is 1. The number of aliphatic hydroxyl groups is 2. The number of benzene rings is 2. The van der Waals surface area contributed by atoms with E-state index in [-0.39, 0.29) is 12.4 Å². The average molecular weight is 260 g/mol. The van der Waals surface area contributed by atoms with Gasteiger partial charge in [-0.15, -0.1) is 0 Å². The summed E-state index contributed by atoms with van der Waals surface area (Å²) in [4.78, 5) is 11.7. The van der Waals surface area contributed by atoms with Crippen molar-refractivity contribution in [3.8, 4) is 5.75 Å². The van der Waals surface area contributed by atoms with E-state index in [0.717, 1.165) is 10.8 Å². The second-order valence-electron chi connectivity index (χ2n) is 4.40. The maximum absolute atomic E-state index is 11.7. The molecule has 0 unspecified atom stereocenters. The van der Waals surface area contributed by atoms with Crippen LogP contribution in [0, 0.1) is 0 Å². The zero-order chi connectivity index (χ0) is 13.8. The van der Waals surface area contributed by atoms with Gasteiger partial charge in [-0.25, -0.2) is 0 Å². The molecule has 1 atom stereocenters. The zero-order valence-electron chi connectivity index (χ0n) is 10.7. The van der Waals surface area contributed by atoms with E-state index >= 15 is 0 Å². The summed E-state index contributed by atoms with van der Waals surface area (Å²) in [5, 5.41) is 19.8. The lowest BCUT2D eigenvalue weighted by atomic mass is 10.0. The van der Waals surface area contributed by atoms with Crippen LogP contribution >= 0.6 is 0 Å². The third-order valence-electron chi connectivity index (χ3n) is 2.81. The highest BCUT2D eigenvalue weighted by Gasteiger charge is 2.12. The normalized spacial score (nSPS) is 12.4.